The molecule has 0 aliphatic rings. The van der Waals surface area contributed by atoms with Gasteiger partial charge in [-0.1, -0.05) is 25.1 Å². The average molecular weight is 178 g/mol. The summed E-state index contributed by atoms with van der Waals surface area (Å²) in [6.45, 7) is 5.96. The first-order valence-corrected chi connectivity index (χ1v) is 3.68. The molecule has 0 aliphatic heterocycles. The van der Waals surface area contributed by atoms with Crippen molar-refractivity contribution in [2.75, 3.05) is 13.1 Å². The van der Waals surface area contributed by atoms with Crippen molar-refractivity contribution >= 4 is 17.6 Å². The van der Waals surface area contributed by atoms with E-state index in [0.717, 1.165) is 0 Å². The van der Waals surface area contributed by atoms with Gasteiger partial charge in [-0.3, -0.25) is 4.79 Å². The van der Waals surface area contributed by atoms with E-state index in [1.807, 2.05) is 0 Å². The van der Waals surface area contributed by atoms with Gasteiger partial charge in [0.2, 0.25) is 0 Å². The van der Waals surface area contributed by atoms with Crippen LogP contribution in [0.4, 0.5) is 0 Å². The van der Waals surface area contributed by atoms with Gasteiger partial charge in [0, 0.05) is 18.1 Å². The number of carboxylic acids is 1. The van der Waals surface area contributed by atoms with E-state index in [4.69, 9.17) is 16.7 Å². The van der Waals surface area contributed by atoms with Crippen LogP contribution in [0.25, 0.3) is 0 Å². The molecule has 3 nitrogen and oxygen atoms in total. The highest BCUT2D eigenvalue weighted by Crippen LogP contribution is 1.95. The van der Waals surface area contributed by atoms with Crippen LogP contribution in [-0.2, 0) is 4.79 Å². The Balaban J connectivity index is 3.39. The molecule has 0 heterocycles. The van der Waals surface area contributed by atoms with Gasteiger partial charge < -0.3 is 10.4 Å². The fourth-order valence-electron chi connectivity index (χ4n) is 0.512. The number of halogens is 1. The first-order chi connectivity index (χ1) is 5.04. The summed E-state index contributed by atoms with van der Waals surface area (Å²) >= 11 is 5.44. The quantitative estimate of drug-likeness (QED) is 0.660. The van der Waals surface area contributed by atoms with Crippen molar-refractivity contribution in [2.24, 2.45) is 5.92 Å². The zero-order valence-electron chi connectivity index (χ0n) is 6.43. The summed E-state index contributed by atoms with van der Waals surface area (Å²) < 4.78 is 0. The first-order valence-electron chi connectivity index (χ1n) is 3.31. The predicted octanol–water partition coefficient (Wildman–Crippen LogP) is 1.05. The molecule has 2 N–H and O–H groups in total. The smallest absolute Gasteiger partial charge is 0.307 e. The van der Waals surface area contributed by atoms with Crippen molar-refractivity contribution in [1.82, 2.24) is 5.32 Å². The van der Waals surface area contributed by atoms with Crippen molar-refractivity contribution in [1.29, 1.82) is 0 Å². The molecule has 1 unspecified atom stereocenters. The van der Waals surface area contributed by atoms with Crippen molar-refractivity contribution < 1.29 is 9.90 Å². The van der Waals surface area contributed by atoms with Crippen LogP contribution in [0.1, 0.15) is 6.92 Å². The number of nitrogens with one attached hydrogen (secondary N) is 1. The van der Waals surface area contributed by atoms with Crippen LogP contribution in [-0.4, -0.2) is 24.2 Å². The van der Waals surface area contributed by atoms with Crippen LogP contribution in [0, 0.1) is 5.92 Å². The maximum absolute atomic E-state index is 10.3. The standard InChI is InChI=1S/C7H12ClNO2/c1-5(7(10)11)3-9-4-6(2)8/h5,9H,2-4H2,1H3,(H,10,11). The SMILES string of the molecule is C=C(Cl)CNCC(C)C(=O)O. The van der Waals surface area contributed by atoms with Gasteiger partial charge >= 0.3 is 5.97 Å². The molecular formula is C7H12ClNO2. The first kappa shape index (κ1) is 10.5. The van der Waals surface area contributed by atoms with Gasteiger partial charge in [-0.05, 0) is 0 Å². The molecule has 0 radical (unpaired) electrons. The third-order valence-corrected chi connectivity index (χ3v) is 1.32. The molecule has 0 amide bonds. The predicted molar refractivity (Wildman–Crippen MR) is 44.7 cm³/mol. The Bertz CT molecular complexity index is 159. The molecule has 0 aromatic carbocycles. The summed E-state index contributed by atoms with van der Waals surface area (Å²) in [5.74, 6) is -1.19. The van der Waals surface area contributed by atoms with E-state index in [2.05, 4.69) is 11.9 Å². The largest absolute Gasteiger partial charge is 0.481 e. The van der Waals surface area contributed by atoms with Crippen molar-refractivity contribution in [3.8, 4) is 0 Å². The van der Waals surface area contributed by atoms with Gasteiger partial charge in [-0.25, -0.2) is 0 Å². The van der Waals surface area contributed by atoms with Crippen LogP contribution >= 0.6 is 11.6 Å². The van der Waals surface area contributed by atoms with Gasteiger partial charge in [-0.15, -0.1) is 0 Å². The highest BCUT2D eigenvalue weighted by atomic mass is 35.5. The number of carbonyl (C=O) groups is 1. The lowest BCUT2D eigenvalue weighted by Crippen LogP contribution is -2.26. The molecule has 11 heavy (non-hydrogen) atoms. The van der Waals surface area contributed by atoms with E-state index in [-0.39, 0.29) is 5.92 Å². The van der Waals surface area contributed by atoms with E-state index in [9.17, 15) is 4.79 Å². The van der Waals surface area contributed by atoms with Crippen LogP contribution in [0.5, 0.6) is 0 Å². The Kier molecular flexibility index (Phi) is 4.90. The number of hydrogen-bond donors (Lipinski definition) is 2. The van der Waals surface area contributed by atoms with Crippen LogP contribution in [0.15, 0.2) is 11.6 Å². The number of carboxylic acid groups (broad SMARTS) is 1. The summed E-state index contributed by atoms with van der Waals surface area (Å²) in [6, 6.07) is 0. The molecule has 0 aromatic heterocycles. The van der Waals surface area contributed by atoms with E-state index in [0.29, 0.717) is 18.1 Å². The van der Waals surface area contributed by atoms with E-state index >= 15 is 0 Å². The van der Waals surface area contributed by atoms with Gasteiger partial charge in [0.05, 0.1) is 5.92 Å². The fourth-order valence-corrected chi connectivity index (χ4v) is 0.606. The topological polar surface area (TPSA) is 49.3 Å². The number of hydrogen-bond acceptors (Lipinski definition) is 2. The third-order valence-electron chi connectivity index (χ3n) is 1.19. The summed E-state index contributed by atoms with van der Waals surface area (Å²) in [4.78, 5) is 10.3. The number of aliphatic carboxylic acids is 1. The lowest BCUT2D eigenvalue weighted by Gasteiger charge is -2.06. The minimum Gasteiger partial charge on any atom is -0.481 e. The van der Waals surface area contributed by atoms with Crippen LogP contribution in [0.2, 0.25) is 0 Å². The minimum absolute atomic E-state index is 0.383. The Morgan fingerprint density at radius 3 is 2.73 bits per heavy atom. The summed E-state index contributed by atoms with van der Waals surface area (Å²) in [7, 11) is 0. The van der Waals surface area contributed by atoms with Gasteiger partial charge in [-0.2, -0.15) is 0 Å². The molecule has 64 valence electrons. The molecule has 0 fully saturated rings. The Morgan fingerprint density at radius 1 is 1.82 bits per heavy atom. The molecule has 0 rings (SSSR count). The van der Waals surface area contributed by atoms with Crippen molar-refractivity contribution in [2.45, 2.75) is 6.92 Å². The van der Waals surface area contributed by atoms with Gasteiger partial charge in [0.25, 0.3) is 0 Å². The Morgan fingerprint density at radius 2 is 2.36 bits per heavy atom. The summed E-state index contributed by atoms with van der Waals surface area (Å²) in [5, 5.41) is 11.8. The molecule has 0 spiro atoms. The van der Waals surface area contributed by atoms with E-state index in [1.54, 1.807) is 6.92 Å². The molecule has 0 bridgehead atoms. The second-order valence-electron chi connectivity index (χ2n) is 2.39. The lowest BCUT2D eigenvalue weighted by atomic mass is 10.2. The zero-order chi connectivity index (χ0) is 8.85. The fraction of sp³-hybridized carbons (Fsp3) is 0.571. The number of rotatable bonds is 5. The minimum atomic E-state index is -0.808. The molecule has 4 heteroatoms. The summed E-state index contributed by atoms with van der Waals surface area (Å²) in [6.07, 6.45) is 0. The highest BCUT2D eigenvalue weighted by Gasteiger charge is 2.08. The van der Waals surface area contributed by atoms with E-state index < -0.39 is 5.97 Å². The average Bonchev–Trinajstić information content (AvgIpc) is 1.86. The molecular weight excluding hydrogens is 166 g/mol. The van der Waals surface area contributed by atoms with Crippen molar-refractivity contribution in [3.63, 3.8) is 0 Å². The molecule has 0 aromatic rings. The highest BCUT2D eigenvalue weighted by molar-refractivity contribution is 6.29. The normalized spacial score (nSPS) is 12.5. The maximum atomic E-state index is 10.3. The lowest BCUT2D eigenvalue weighted by molar-refractivity contribution is -0.140. The monoisotopic (exact) mass is 177 g/mol. The molecule has 0 saturated carbocycles. The van der Waals surface area contributed by atoms with Crippen LogP contribution < -0.4 is 5.32 Å². The van der Waals surface area contributed by atoms with E-state index in [1.165, 1.54) is 0 Å². The molecule has 0 aliphatic carbocycles. The van der Waals surface area contributed by atoms with Crippen molar-refractivity contribution in [3.05, 3.63) is 11.6 Å². The van der Waals surface area contributed by atoms with Crippen LogP contribution in [0.3, 0.4) is 0 Å². The second kappa shape index (κ2) is 5.16. The van der Waals surface area contributed by atoms with Gasteiger partial charge in [0.15, 0.2) is 0 Å². The van der Waals surface area contributed by atoms with Gasteiger partial charge in [0.1, 0.15) is 0 Å². The second-order valence-corrected chi connectivity index (χ2v) is 2.92. The Hall–Kier alpha value is -0.540. The summed E-state index contributed by atoms with van der Waals surface area (Å²) in [5.41, 5.74) is 0. The molecule has 0 saturated heterocycles. The zero-order valence-corrected chi connectivity index (χ0v) is 7.19. The maximum Gasteiger partial charge on any atom is 0.307 e. The molecule has 1 atom stereocenters. The third kappa shape index (κ3) is 5.88. The Labute approximate surface area is 71.0 Å².